The zero-order valence-electron chi connectivity index (χ0n) is 11.9. The fourth-order valence-corrected chi connectivity index (χ4v) is 2.51. The molecule has 1 aromatic rings. The molecule has 5 nitrogen and oxygen atoms in total. The van der Waals surface area contributed by atoms with Gasteiger partial charge < -0.3 is 15.7 Å². The van der Waals surface area contributed by atoms with Gasteiger partial charge in [0.05, 0.1) is 17.7 Å². The maximum Gasteiger partial charge on any atom is 0.254 e. The van der Waals surface area contributed by atoms with Crippen LogP contribution in [-0.2, 0) is 4.79 Å². The maximum atomic E-state index is 13.8. The summed E-state index contributed by atoms with van der Waals surface area (Å²) in [6.07, 6.45) is 2.58. The Morgan fingerprint density at radius 2 is 2.00 bits per heavy atom. The highest BCUT2D eigenvalue weighted by Crippen LogP contribution is 2.20. The molecule has 6 heteroatoms. The monoisotopic (exact) mass is 294 g/mol. The van der Waals surface area contributed by atoms with Gasteiger partial charge in [0.2, 0.25) is 5.91 Å². The van der Waals surface area contributed by atoms with E-state index in [4.69, 9.17) is 0 Å². The van der Waals surface area contributed by atoms with E-state index in [0.29, 0.717) is 18.5 Å². The van der Waals surface area contributed by atoms with Crippen molar-refractivity contribution in [2.45, 2.75) is 44.8 Å². The smallest absolute Gasteiger partial charge is 0.254 e. The molecule has 0 radical (unpaired) electrons. The van der Waals surface area contributed by atoms with Gasteiger partial charge in [0, 0.05) is 12.6 Å². The number of hydrogen-bond acceptors (Lipinski definition) is 3. The number of carbonyl (C=O) groups is 2. The average Bonchev–Trinajstić information content (AvgIpc) is 2.43. The first-order valence-electron chi connectivity index (χ1n) is 7.03. The number of benzene rings is 1. The van der Waals surface area contributed by atoms with Crippen molar-refractivity contribution >= 4 is 17.5 Å². The minimum atomic E-state index is -0.660. The lowest BCUT2D eigenvalue weighted by Gasteiger charge is -2.28. The Balaban J connectivity index is 2.12. The SMILES string of the molecule is CC(=O)Nc1ccc(F)c(C(=O)NC2CCCCC2O)c1. The molecule has 3 N–H and O–H groups in total. The van der Waals surface area contributed by atoms with E-state index in [0.717, 1.165) is 18.9 Å². The molecule has 0 heterocycles. The molecule has 2 atom stereocenters. The third kappa shape index (κ3) is 4.01. The Kier molecular flexibility index (Phi) is 4.90. The highest BCUT2D eigenvalue weighted by Gasteiger charge is 2.25. The van der Waals surface area contributed by atoms with Gasteiger partial charge in [-0.05, 0) is 31.0 Å². The third-order valence-corrected chi connectivity index (χ3v) is 3.58. The largest absolute Gasteiger partial charge is 0.391 e. The summed E-state index contributed by atoms with van der Waals surface area (Å²) < 4.78 is 13.8. The van der Waals surface area contributed by atoms with Crippen LogP contribution >= 0.6 is 0 Å². The Bertz CT molecular complexity index is 548. The Hall–Kier alpha value is -1.95. The van der Waals surface area contributed by atoms with Crippen LogP contribution in [0, 0.1) is 5.82 Å². The second-order valence-electron chi connectivity index (χ2n) is 5.31. The summed E-state index contributed by atoms with van der Waals surface area (Å²) in [6, 6.07) is 3.47. The molecule has 21 heavy (non-hydrogen) atoms. The Labute approximate surface area is 122 Å². The lowest BCUT2D eigenvalue weighted by molar-refractivity contribution is -0.114. The predicted molar refractivity (Wildman–Crippen MR) is 76.4 cm³/mol. The average molecular weight is 294 g/mol. The van der Waals surface area contributed by atoms with E-state index in [1.54, 1.807) is 0 Å². The predicted octanol–water partition coefficient (Wildman–Crippen LogP) is 1.82. The van der Waals surface area contributed by atoms with Crippen molar-refractivity contribution in [2.24, 2.45) is 0 Å². The van der Waals surface area contributed by atoms with E-state index in [-0.39, 0.29) is 17.5 Å². The molecular weight excluding hydrogens is 275 g/mol. The second kappa shape index (κ2) is 6.67. The molecule has 0 bridgehead atoms. The minimum absolute atomic E-state index is 0.140. The van der Waals surface area contributed by atoms with Crippen LogP contribution in [0.3, 0.4) is 0 Å². The lowest BCUT2D eigenvalue weighted by atomic mass is 9.92. The van der Waals surface area contributed by atoms with Gasteiger partial charge in [-0.3, -0.25) is 9.59 Å². The molecule has 2 amide bonds. The Morgan fingerprint density at radius 1 is 1.29 bits per heavy atom. The summed E-state index contributed by atoms with van der Waals surface area (Å²) in [4.78, 5) is 23.1. The van der Waals surface area contributed by atoms with Crippen LogP contribution in [0.2, 0.25) is 0 Å². The van der Waals surface area contributed by atoms with Gasteiger partial charge in [0.15, 0.2) is 0 Å². The van der Waals surface area contributed by atoms with E-state index in [1.165, 1.54) is 19.1 Å². The molecule has 1 fully saturated rings. The first-order valence-corrected chi connectivity index (χ1v) is 7.03. The summed E-state index contributed by atoms with van der Waals surface area (Å²) in [5.74, 6) is -1.53. The molecule has 1 aliphatic carbocycles. The van der Waals surface area contributed by atoms with Crippen molar-refractivity contribution in [1.82, 2.24) is 5.32 Å². The van der Waals surface area contributed by atoms with E-state index in [9.17, 15) is 19.1 Å². The standard InChI is InChI=1S/C15H19FN2O3/c1-9(19)17-10-6-7-12(16)11(8-10)15(21)18-13-4-2-3-5-14(13)20/h6-8,13-14,20H,2-5H2,1H3,(H,17,19)(H,18,21). The number of halogens is 1. The highest BCUT2D eigenvalue weighted by molar-refractivity contribution is 5.97. The quantitative estimate of drug-likeness (QED) is 0.795. The maximum absolute atomic E-state index is 13.8. The fourth-order valence-electron chi connectivity index (χ4n) is 2.51. The van der Waals surface area contributed by atoms with Crippen LogP contribution in [0.4, 0.5) is 10.1 Å². The number of hydrogen-bond donors (Lipinski definition) is 3. The van der Waals surface area contributed by atoms with Crippen LogP contribution in [0.25, 0.3) is 0 Å². The molecule has 1 saturated carbocycles. The van der Waals surface area contributed by atoms with Crippen LogP contribution in [0.15, 0.2) is 18.2 Å². The van der Waals surface area contributed by atoms with Crippen molar-refractivity contribution in [2.75, 3.05) is 5.32 Å². The van der Waals surface area contributed by atoms with Gasteiger partial charge in [-0.15, -0.1) is 0 Å². The summed E-state index contributed by atoms with van der Waals surface area (Å²) in [6.45, 7) is 1.33. The number of nitrogens with one attached hydrogen (secondary N) is 2. The van der Waals surface area contributed by atoms with Gasteiger partial charge in [-0.2, -0.15) is 0 Å². The van der Waals surface area contributed by atoms with Crippen molar-refractivity contribution in [3.8, 4) is 0 Å². The second-order valence-corrected chi connectivity index (χ2v) is 5.31. The van der Waals surface area contributed by atoms with Crippen molar-refractivity contribution in [3.63, 3.8) is 0 Å². The molecular formula is C15H19FN2O3. The summed E-state index contributed by atoms with van der Waals surface area (Å²) in [7, 11) is 0. The summed E-state index contributed by atoms with van der Waals surface area (Å²) in [5, 5.41) is 15.0. The summed E-state index contributed by atoms with van der Waals surface area (Å²) in [5.41, 5.74) is 0.220. The molecule has 0 saturated heterocycles. The molecule has 1 aliphatic rings. The van der Waals surface area contributed by atoms with E-state index < -0.39 is 17.8 Å². The van der Waals surface area contributed by atoms with Crippen LogP contribution in [0.5, 0.6) is 0 Å². The first kappa shape index (κ1) is 15.4. The number of rotatable bonds is 3. The first-order chi connectivity index (χ1) is 9.97. The van der Waals surface area contributed by atoms with E-state index in [1.807, 2.05) is 0 Å². The number of aliphatic hydroxyl groups is 1. The minimum Gasteiger partial charge on any atom is -0.391 e. The van der Waals surface area contributed by atoms with Crippen molar-refractivity contribution in [1.29, 1.82) is 0 Å². The van der Waals surface area contributed by atoms with Crippen LogP contribution < -0.4 is 10.6 Å². The van der Waals surface area contributed by atoms with Crippen molar-refractivity contribution in [3.05, 3.63) is 29.6 Å². The van der Waals surface area contributed by atoms with Crippen LogP contribution in [-0.4, -0.2) is 29.1 Å². The zero-order valence-corrected chi connectivity index (χ0v) is 11.9. The number of anilines is 1. The van der Waals surface area contributed by atoms with Crippen LogP contribution in [0.1, 0.15) is 43.0 Å². The van der Waals surface area contributed by atoms with E-state index >= 15 is 0 Å². The van der Waals surface area contributed by atoms with Gasteiger partial charge in [0.1, 0.15) is 5.82 Å². The molecule has 1 aromatic carbocycles. The molecule has 2 rings (SSSR count). The molecule has 114 valence electrons. The molecule has 0 spiro atoms. The number of carbonyl (C=O) groups excluding carboxylic acids is 2. The Morgan fingerprint density at radius 3 is 2.67 bits per heavy atom. The normalized spacial score (nSPS) is 21.7. The van der Waals surface area contributed by atoms with E-state index in [2.05, 4.69) is 10.6 Å². The lowest BCUT2D eigenvalue weighted by Crippen LogP contribution is -2.45. The number of amides is 2. The number of aliphatic hydroxyl groups excluding tert-OH is 1. The van der Waals surface area contributed by atoms with Gasteiger partial charge in [-0.1, -0.05) is 12.8 Å². The molecule has 2 unspecified atom stereocenters. The topological polar surface area (TPSA) is 78.4 Å². The summed E-state index contributed by atoms with van der Waals surface area (Å²) >= 11 is 0. The highest BCUT2D eigenvalue weighted by atomic mass is 19.1. The molecule has 0 aromatic heterocycles. The van der Waals surface area contributed by atoms with Crippen molar-refractivity contribution < 1.29 is 19.1 Å². The van der Waals surface area contributed by atoms with Gasteiger partial charge >= 0.3 is 0 Å². The fraction of sp³-hybridized carbons (Fsp3) is 0.467. The van der Waals surface area contributed by atoms with Gasteiger partial charge in [-0.25, -0.2) is 4.39 Å². The zero-order chi connectivity index (χ0) is 15.4. The third-order valence-electron chi connectivity index (χ3n) is 3.58. The molecule has 0 aliphatic heterocycles. The van der Waals surface area contributed by atoms with Gasteiger partial charge in [0.25, 0.3) is 5.91 Å².